The van der Waals surface area contributed by atoms with Crippen LogP contribution in [0.4, 0.5) is 5.69 Å². The van der Waals surface area contributed by atoms with E-state index in [0.29, 0.717) is 6.04 Å². The molecule has 0 radical (unpaired) electrons. The van der Waals surface area contributed by atoms with Gasteiger partial charge in [-0.15, -0.1) is 24.0 Å². The lowest BCUT2D eigenvalue weighted by Gasteiger charge is -2.30. The minimum Gasteiger partial charge on any atom is -0.378 e. The number of ether oxygens (including phenoxy) is 1. The molecule has 2 fully saturated rings. The second-order valence-electron chi connectivity index (χ2n) is 6.28. The van der Waals surface area contributed by atoms with Gasteiger partial charge < -0.3 is 20.3 Å². The van der Waals surface area contributed by atoms with E-state index in [2.05, 4.69) is 44.8 Å². The number of nitrogens with zero attached hydrogens (tertiary/aromatic N) is 2. The van der Waals surface area contributed by atoms with Crippen molar-refractivity contribution in [2.75, 3.05) is 38.3 Å². The van der Waals surface area contributed by atoms with Gasteiger partial charge in [0, 0.05) is 38.4 Å². The van der Waals surface area contributed by atoms with Crippen LogP contribution in [0.25, 0.3) is 0 Å². The third-order valence-corrected chi connectivity index (χ3v) is 4.71. The molecule has 0 aromatic heterocycles. The molecular formula is C18H29IN4O. The number of rotatable bonds is 4. The quantitative estimate of drug-likeness (QED) is 0.426. The second-order valence-corrected chi connectivity index (χ2v) is 6.28. The highest BCUT2D eigenvalue weighted by atomic mass is 127. The highest BCUT2D eigenvalue weighted by Gasteiger charge is 2.17. The zero-order valence-corrected chi connectivity index (χ0v) is 16.8. The molecule has 6 heteroatoms. The summed E-state index contributed by atoms with van der Waals surface area (Å²) in [5.41, 5.74) is 2.61. The lowest BCUT2D eigenvalue weighted by Crippen LogP contribution is -2.42. The molecular weight excluding hydrogens is 415 g/mol. The van der Waals surface area contributed by atoms with Gasteiger partial charge >= 0.3 is 0 Å². The van der Waals surface area contributed by atoms with E-state index in [1.54, 1.807) is 0 Å². The predicted molar refractivity (Wildman–Crippen MR) is 110 cm³/mol. The molecule has 1 heterocycles. The SMILES string of the molecule is CN=C(NCc1ccccc1N1CCOCC1)NC1CCCC1.I. The van der Waals surface area contributed by atoms with Gasteiger partial charge in [-0.1, -0.05) is 31.0 Å². The molecule has 2 aliphatic rings. The zero-order chi connectivity index (χ0) is 15.9. The predicted octanol–water partition coefficient (Wildman–Crippen LogP) is 2.75. The van der Waals surface area contributed by atoms with E-state index in [9.17, 15) is 0 Å². The van der Waals surface area contributed by atoms with E-state index in [1.165, 1.54) is 36.9 Å². The minimum atomic E-state index is 0. The van der Waals surface area contributed by atoms with Crippen molar-refractivity contribution < 1.29 is 4.74 Å². The smallest absolute Gasteiger partial charge is 0.191 e. The topological polar surface area (TPSA) is 48.9 Å². The van der Waals surface area contributed by atoms with E-state index >= 15 is 0 Å². The van der Waals surface area contributed by atoms with Gasteiger partial charge in [-0.3, -0.25) is 4.99 Å². The summed E-state index contributed by atoms with van der Waals surface area (Å²) in [7, 11) is 1.85. The first-order chi connectivity index (χ1) is 11.4. The van der Waals surface area contributed by atoms with E-state index in [4.69, 9.17) is 4.74 Å². The summed E-state index contributed by atoms with van der Waals surface area (Å²) in [4.78, 5) is 6.78. The molecule has 3 rings (SSSR count). The number of aliphatic imine (C=N–C) groups is 1. The molecule has 1 aliphatic heterocycles. The van der Waals surface area contributed by atoms with Crippen molar-refractivity contribution in [1.29, 1.82) is 0 Å². The fourth-order valence-electron chi connectivity index (χ4n) is 3.41. The number of morpholine rings is 1. The molecule has 0 atom stereocenters. The lowest BCUT2D eigenvalue weighted by atomic mass is 10.1. The van der Waals surface area contributed by atoms with Crippen LogP contribution in [0.2, 0.25) is 0 Å². The van der Waals surface area contributed by atoms with Crippen molar-refractivity contribution >= 4 is 35.6 Å². The number of halogens is 1. The van der Waals surface area contributed by atoms with Crippen LogP contribution in [-0.2, 0) is 11.3 Å². The Labute approximate surface area is 162 Å². The van der Waals surface area contributed by atoms with Crippen LogP contribution in [0, 0.1) is 0 Å². The van der Waals surface area contributed by atoms with Crippen molar-refractivity contribution in [2.45, 2.75) is 38.3 Å². The molecule has 2 N–H and O–H groups in total. The number of hydrogen-bond donors (Lipinski definition) is 2. The van der Waals surface area contributed by atoms with Gasteiger partial charge in [0.15, 0.2) is 5.96 Å². The molecule has 0 bridgehead atoms. The van der Waals surface area contributed by atoms with E-state index in [-0.39, 0.29) is 24.0 Å². The summed E-state index contributed by atoms with van der Waals surface area (Å²) >= 11 is 0. The van der Waals surface area contributed by atoms with E-state index in [0.717, 1.165) is 38.8 Å². The normalized spacial score (nSPS) is 19.0. The largest absolute Gasteiger partial charge is 0.378 e. The van der Waals surface area contributed by atoms with Gasteiger partial charge in [-0.05, 0) is 24.5 Å². The molecule has 0 unspecified atom stereocenters. The monoisotopic (exact) mass is 444 g/mol. The molecule has 134 valence electrons. The molecule has 1 aromatic carbocycles. The Morgan fingerprint density at radius 3 is 2.62 bits per heavy atom. The van der Waals surface area contributed by atoms with Gasteiger partial charge in [0.2, 0.25) is 0 Å². The van der Waals surface area contributed by atoms with Gasteiger partial charge in [0.25, 0.3) is 0 Å². The van der Waals surface area contributed by atoms with Crippen LogP contribution in [0.1, 0.15) is 31.2 Å². The second kappa shape index (κ2) is 10.1. The molecule has 0 spiro atoms. The molecule has 1 aromatic rings. The third-order valence-electron chi connectivity index (χ3n) is 4.71. The number of anilines is 1. The van der Waals surface area contributed by atoms with Crippen molar-refractivity contribution in [3.63, 3.8) is 0 Å². The average Bonchev–Trinajstić information content (AvgIpc) is 3.12. The molecule has 1 aliphatic carbocycles. The highest BCUT2D eigenvalue weighted by Crippen LogP contribution is 2.21. The van der Waals surface area contributed by atoms with Crippen LogP contribution < -0.4 is 15.5 Å². The van der Waals surface area contributed by atoms with Crippen LogP contribution in [0.3, 0.4) is 0 Å². The summed E-state index contributed by atoms with van der Waals surface area (Å²) in [6, 6.07) is 9.19. The van der Waals surface area contributed by atoms with Gasteiger partial charge in [0.1, 0.15) is 0 Å². The molecule has 5 nitrogen and oxygen atoms in total. The van der Waals surface area contributed by atoms with Crippen molar-refractivity contribution in [3.8, 4) is 0 Å². The Morgan fingerprint density at radius 1 is 1.21 bits per heavy atom. The number of hydrogen-bond acceptors (Lipinski definition) is 3. The minimum absolute atomic E-state index is 0. The molecule has 1 saturated carbocycles. The number of para-hydroxylation sites is 1. The standard InChI is InChI=1S/C18H28N4O.HI/c1-19-18(21-16-7-3-4-8-16)20-14-15-6-2-5-9-17(15)22-10-12-23-13-11-22;/h2,5-6,9,16H,3-4,7-8,10-14H2,1H3,(H2,19,20,21);1H. The van der Waals surface area contributed by atoms with Crippen LogP contribution in [-0.4, -0.2) is 45.4 Å². The summed E-state index contributed by atoms with van der Waals surface area (Å²) < 4.78 is 5.46. The number of guanidine groups is 1. The van der Waals surface area contributed by atoms with E-state index < -0.39 is 0 Å². The van der Waals surface area contributed by atoms with Crippen molar-refractivity contribution in [2.24, 2.45) is 4.99 Å². The Kier molecular flexibility index (Phi) is 8.11. The summed E-state index contributed by atoms with van der Waals surface area (Å²) in [6.07, 6.45) is 5.17. The third kappa shape index (κ3) is 5.24. The zero-order valence-electron chi connectivity index (χ0n) is 14.5. The highest BCUT2D eigenvalue weighted by molar-refractivity contribution is 14.0. The van der Waals surface area contributed by atoms with Crippen molar-refractivity contribution in [1.82, 2.24) is 10.6 Å². The molecule has 1 saturated heterocycles. The van der Waals surface area contributed by atoms with E-state index in [1.807, 2.05) is 7.05 Å². The maximum atomic E-state index is 5.46. The Bertz CT molecular complexity index is 526. The van der Waals surface area contributed by atoms with Gasteiger partial charge in [-0.2, -0.15) is 0 Å². The summed E-state index contributed by atoms with van der Waals surface area (Å²) in [6.45, 7) is 4.34. The van der Waals surface area contributed by atoms with Gasteiger partial charge in [-0.25, -0.2) is 0 Å². The first-order valence-corrected chi connectivity index (χ1v) is 8.74. The van der Waals surface area contributed by atoms with Crippen LogP contribution >= 0.6 is 24.0 Å². The Hall–Kier alpha value is -1.02. The van der Waals surface area contributed by atoms with Crippen LogP contribution in [0.15, 0.2) is 29.3 Å². The summed E-state index contributed by atoms with van der Waals surface area (Å²) in [5.74, 6) is 0.911. The summed E-state index contributed by atoms with van der Waals surface area (Å²) in [5, 5.41) is 7.01. The first-order valence-electron chi connectivity index (χ1n) is 8.74. The number of benzene rings is 1. The fourth-order valence-corrected chi connectivity index (χ4v) is 3.41. The Morgan fingerprint density at radius 2 is 1.92 bits per heavy atom. The molecule has 0 amide bonds. The van der Waals surface area contributed by atoms with Crippen molar-refractivity contribution in [3.05, 3.63) is 29.8 Å². The first kappa shape index (κ1) is 19.3. The van der Waals surface area contributed by atoms with Gasteiger partial charge in [0.05, 0.1) is 13.2 Å². The lowest BCUT2D eigenvalue weighted by molar-refractivity contribution is 0.122. The average molecular weight is 444 g/mol. The molecule has 24 heavy (non-hydrogen) atoms. The maximum Gasteiger partial charge on any atom is 0.191 e. The van der Waals surface area contributed by atoms with Crippen LogP contribution in [0.5, 0.6) is 0 Å². The fraction of sp³-hybridized carbons (Fsp3) is 0.611. The maximum absolute atomic E-state index is 5.46. The number of nitrogens with one attached hydrogen (secondary N) is 2. The Balaban J connectivity index is 0.00000208.